The Morgan fingerprint density at radius 3 is 2.57 bits per heavy atom. The van der Waals surface area contributed by atoms with E-state index in [1.165, 1.54) is 6.07 Å². The first-order valence-corrected chi connectivity index (χ1v) is 10.3. The zero-order chi connectivity index (χ0) is 21.1. The van der Waals surface area contributed by atoms with Crippen LogP contribution in [0.15, 0.2) is 48.5 Å². The van der Waals surface area contributed by atoms with E-state index in [1.807, 2.05) is 38.1 Å². The van der Waals surface area contributed by atoms with Crippen molar-refractivity contribution in [2.24, 2.45) is 11.8 Å². The van der Waals surface area contributed by atoms with E-state index >= 15 is 0 Å². The second-order valence-electron chi connectivity index (χ2n) is 7.98. The Morgan fingerprint density at radius 2 is 1.93 bits per heavy atom. The van der Waals surface area contributed by atoms with Gasteiger partial charge in [0.05, 0.1) is 17.9 Å². The third-order valence-electron chi connectivity index (χ3n) is 5.10. The fraction of sp³-hybridized carbons (Fsp3) is 0.348. The molecular formula is C23H25FN4O2. The van der Waals surface area contributed by atoms with Gasteiger partial charge in [0.2, 0.25) is 5.91 Å². The van der Waals surface area contributed by atoms with Crippen LogP contribution < -0.4 is 10.1 Å². The van der Waals surface area contributed by atoms with Gasteiger partial charge in [0.15, 0.2) is 5.82 Å². The van der Waals surface area contributed by atoms with Crippen LogP contribution in [-0.2, 0) is 4.79 Å². The Hall–Kier alpha value is -3.22. The van der Waals surface area contributed by atoms with Crippen LogP contribution >= 0.6 is 0 Å². The third-order valence-corrected chi connectivity index (χ3v) is 5.10. The van der Waals surface area contributed by atoms with Crippen molar-refractivity contribution in [3.63, 3.8) is 0 Å². The summed E-state index contributed by atoms with van der Waals surface area (Å²) in [6, 6.07) is 13.9. The summed E-state index contributed by atoms with van der Waals surface area (Å²) in [5.41, 5.74) is 1.76. The monoisotopic (exact) mass is 408 g/mol. The lowest BCUT2D eigenvalue weighted by Gasteiger charge is -2.24. The number of anilines is 1. The molecule has 0 radical (unpaired) electrons. The van der Waals surface area contributed by atoms with Crippen LogP contribution in [0, 0.1) is 17.7 Å². The van der Waals surface area contributed by atoms with Crippen molar-refractivity contribution < 1.29 is 13.9 Å². The molecule has 156 valence electrons. The van der Waals surface area contributed by atoms with E-state index in [0.29, 0.717) is 29.6 Å². The van der Waals surface area contributed by atoms with Crippen LogP contribution in [0.1, 0.15) is 33.1 Å². The summed E-state index contributed by atoms with van der Waals surface area (Å²) >= 11 is 0. The summed E-state index contributed by atoms with van der Waals surface area (Å²) in [6.07, 6.45) is 3.02. The van der Waals surface area contributed by atoms with Crippen LogP contribution in [-0.4, -0.2) is 27.3 Å². The molecule has 1 N–H and O–H groups in total. The molecule has 7 heteroatoms. The Balaban J connectivity index is 1.63. The Kier molecular flexibility index (Phi) is 5.79. The lowest BCUT2D eigenvalue weighted by molar-refractivity contribution is -0.122. The summed E-state index contributed by atoms with van der Waals surface area (Å²) < 4.78 is 21.7. The average molecular weight is 408 g/mol. The molecule has 30 heavy (non-hydrogen) atoms. The van der Waals surface area contributed by atoms with Crippen LogP contribution in [0.2, 0.25) is 0 Å². The molecule has 6 nitrogen and oxygen atoms in total. The first-order chi connectivity index (χ1) is 14.5. The van der Waals surface area contributed by atoms with Gasteiger partial charge >= 0.3 is 6.01 Å². The molecule has 0 bridgehead atoms. The summed E-state index contributed by atoms with van der Waals surface area (Å²) in [6.45, 7) is 4.53. The highest BCUT2D eigenvalue weighted by Gasteiger charge is 2.25. The first-order valence-electron chi connectivity index (χ1n) is 10.3. The number of nitrogens with one attached hydrogen (secondary N) is 1. The van der Waals surface area contributed by atoms with E-state index in [4.69, 9.17) is 4.74 Å². The van der Waals surface area contributed by atoms with Crippen molar-refractivity contribution in [1.29, 1.82) is 0 Å². The van der Waals surface area contributed by atoms with Gasteiger partial charge in [0.1, 0.15) is 5.82 Å². The molecule has 1 fully saturated rings. The standard InChI is InChI=1S/C23H25FN4O2/c1-15(2)14-30-23-26-21(19-8-3-4-9-20(19)24)28(27-23)18-12-10-17(11-13-18)25-22(29)16-6-5-7-16/h3-4,8-13,15-16H,5-7,14H2,1-2H3,(H,25,29). The van der Waals surface area contributed by atoms with Crippen LogP contribution in [0.4, 0.5) is 10.1 Å². The molecule has 0 aliphatic heterocycles. The molecule has 0 spiro atoms. The third kappa shape index (κ3) is 4.35. The van der Waals surface area contributed by atoms with E-state index in [0.717, 1.165) is 24.9 Å². The van der Waals surface area contributed by atoms with E-state index in [-0.39, 0.29) is 23.7 Å². The van der Waals surface area contributed by atoms with Gasteiger partial charge in [-0.1, -0.05) is 32.4 Å². The lowest BCUT2D eigenvalue weighted by atomic mass is 9.85. The largest absolute Gasteiger partial charge is 0.462 e. The van der Waals surface area contributed by atoms with Gasteiger partial charge in [-0.3, -0.25) is 4.79 Å². The SMILES string of the molecule is CC(C)COc1nc(-c2ccccc2F)n(-c2ccc(NC(=O)C3CCC3)cc2)n1. The van der Waals surface area contributed by atoms with Crippen LogP contribution in [0.5, 0.6) is 6.01 Å². The Labute approximate surface area is 175 Å². The van der Waals surface area contributed by atoms with Gasteiger partial charge in [-0.2, -0.15) is 4.98 Å². The molecule has 2 aromatic carbocycles. The van der Waals surface area contributed by atoms with Crippen molar-refractivity contribution in [2.45, 2.75) is 33.1 Å². The molecule has 1 aliphatic rings. The number of hydrogen-bond acceptors (Lipinski definition) is 4. The van der Waals surface area contributed by atoms with Crippen molar-refractivity contribution in [1.82, 2.24) is 14.8 Å². The van der Waals surface area contributed by atoms with E-state index in [9.17, 15) is 9.18 Å². The highest BCUT2D eigenvalue weighted by atomic mass is 19.1. The average Bonchev–Trinajstić information content (AvgIpc) is 3.10. The molecule has 0 atom stereocenters. The minimum atomic E-state index is -0.383. The van der Waals surface area contributed by atoms with Crippen molar-refractivity contribution in [3.8, 4) is 23.1 Å². The predicted molar refractivity (Wildman–Crippen MR) is 113 cm³/mol. The highest BCUT2D eigenvalue weighted by molar-refractivity contribution is 5.93. The molecule has 1 saturated carbocycles. The minimum Gasteiger partial charge on any atom is -0.462 e. The Morgan fingerprint density at radius 1 is 1.20 bits per heavy atom. The molecule has 3 aromatic rings. The smallest absolute Gasteiger partial charge is 0.336 e. The molecule has 0 unspecified atom stereocenters. The maximum absolute atomic E-state index is 14.4. The van der Waals surface area contributed by atoms with Crippen LogP contribution in [0.3, 0.4) is 0 Å². The number of amides is 1. The summed E-state index contributed by atoms with van der Waals surface area (Å²) in [7, 11) is 0. The summed E-state index contributed by atoms with van der Waals surface area (Å²) in [4.78, 5) is 16.6. The quantitative estimate of drug-likeness (QED) is 0.607. The zero-order valence-electron chi connectivity index (χ0n) is 17.1. The molecule has 1 heterocycles. The second kappa shape index (κ2) is 8.65. The number of ether oxygens (including phenoxy) is 1. The van der Waals surface area contributed by atoms with Gasteiger partial charge < -0.3 is 10.1 Å². The number of aromatic nitrogens is 3. The van der Waals surface area contributed by atoms with Gasteiger partial charge in [-0.05, 0) is 55.2 Å². The maximum Gasteiger partial charge on any atom is 0.336 e. The second-order valence-corrected chi connectivity index (χ2v) is 7.98. The van der Waals surface area contributed by atoms with Crippen molar-refractivity contribution in [3.05, 3.63) is 54.3 Å². The zero-order valence-corrected chi connectivity index (χ0v) is 17.1. The topological polar surface area (TPSA) is 69.0 Å². The predicted octanol–water partition coefficient (Wildman–Crippen LogP) is 4.85. The molecular weight excluding hydrogens is 383 g/mol. The van der Waals surface area contributed by atoms with Crippen molar-refractivity contribution >= 4 is 11.6 Å². The Bertz CT molecular complexity index is 1030. The molecule has 0 saturated heterocycles. The number of carbonyl (C=O) groups excluding carboxylic acids is 1. The first kappa shape index (κ1) is 20.1. The summed E-state index contributed by atoms with van der Waals surface area (Å²) in [5.74, 6) is 0.468. The minimum absolute atomic E-state index is 0.0613. The number of halogens is 1. The molecule has 4 rings (SSSR count). The number of carbonyl (C=O) groups is 1. The molecule has 1 aromatic heterocycles. The van der Waals surface area contributed by atoms with Gasteiger partial charge in [-0.25, -0.2) is 9.07 Å². The summed E-state index contributed by atoms with van der Waals surface area (Å²) in [5, 5.41) is 7.39. The molecule has 1 amide bonds. The maximum atomic E-state index is 14.4. The fourth-order valence-electron chi connectivity index (χ4n) is 3.19. The lowest BCUT2D eigenvalue weighted by Crippen LogP contribution is -2.27. The number of hydrogen-bond donors (Lipinski definition) is 1. The van der Waals surface area contributed by atoms with E-state index in [1.54, 1.807) is 22.9 Å². The fourth-order valence-corrected chi connectivity index (χ4v) is 3.19. The van der Waals surface area contributed by atoms with Gasteiger partial charge in [0.25, 0.3) is 0 Å². The highest BCUT2D eigenvalue weighted by Crippen LogP contribution is 2.29. The van der Waals surface area contributed by atoms with Crippen molar-refractivity contribution in [2.75, 3.05) is 11.9 Å². The van der Waals surface area contributed by atoms with E-state index < -0.39 is 0 Å². The van der Waals surface area contributed by atoms with Gasteiger partial charge in [0, 0.05) is 11.6 Å². The van der Waals surface area contributed by atoms with Gasteiger partial charge in [-0.15, -0.1) is 5.10 Å². The van der Waals surface area contributed by atoms with E-state index in [2.05, 4.69) is 15.4 Å². The number of benzene rings is 2. The number of nitrogens with zero attached hydrogens (tertiary/aromatic N) is 3. The molecule has 1 aliphatic carbocycles. The van der Waals surface area contributed by atoms with Crippen LogP contribution in [0.25, 0.3) is 17.1 Å². The number of rotatable bonds is 7. The normalized spacial score (nSPS) is 13.9.